The summed E-state index contributed by atoms with van der Waals surface area (Å²) < 4.78 is 5.74. The van der Waals surface area contributed by atoms with Crippen LogP contribution in [-0.2, 0) is 11.3 Å². The van der Waals surface area contributed by atoms with Gasteiger partial charge in [-0.2, -0.15) is 0 Å². The van der Waals surface area contributed by atoms with Crippen LogP contribution in [0.4, 0.5) is 0 Å². The van der Waals surface area contributed by atoms with Gasteiger partial charge in [-0.25, -0.2) is 0 Å². The number of ether oxygens (including phenoxy) is 1. The number of hydrogen-bond acceptors (Lipinski definition) is 3. The molecule has 1 amide bonds. The lowest BCUT2D eigenvalue weighted by atomic mass is 10.1. The maximum absolute atomic E-state index is 12.0. The first kappa shape index (κ1) is 13.9. The molecule has 0 bridgehead atoms. The summed E-state index contributed by atoms with van der Waals surface area (Å²) in [4.78, 5) is 12.0. The van der Waals surface area contributed by atoms with E-state index in [-0.39, 0.29) is 17.9 Å². The molecule has 1 aromatic carbocycles. The third kappa shape index (κ3) is 3.96. The molecular weight excluding hydrogens is 240 g/mol. The molecule has 4 heteroatoms. The number of carbonyl (C=O) groups is 1. The predicted molar refractivity (Wildman–Crippen MR) is 75.0 cm³/mol. The highest BCUT2D eigenvalue weighted by atomic mass is 16.5. The SMILES string of the molecule is CC(C)Oc1ccccc1CNC(=O)C1CCNC1. The van der Waals surface area contributed by atoms with Crippen LogP contribution in [0.25, 0.3) is 0 Å². The second kappa shape index (κ2) is 6.57. The van der Waals surface area contributed by atoms with E-state index in [1.54, 1.807) is 0 Å². The monoisotopic (exact) mass is 262 g/mol. The third-order valence-electron chi connectivity index (χ3n) is 3.22. The normalized spacial score (nSPS) is 18.6. The molecule has 1 aliphatic heterocycles. The minimum atomic E-state index is 0.109. The number of hydrogen-bond donors (Lipinski definition) is 2. The van der Waals surface area contributed by atoms with Crippen LogP contribution in [-0.4, -0.2) is 25.1 Å². The average molecular weight is 262 g/mol. The fourth-order valence-electron chi connectivity index (χ4n) is 2.22. The molecule has 2 rings (SSSR count). The van der Waals surface area contributed by atoms with E-state index < -0.39 is 0 Å². The van der Waals surface area contributed by atoms with Gasteiger partial charge in [0.2, 0.25) is 5.91 Å². The fraction of sp³-hybridized carbons (Fsp3) is 0.533. The van der Waals surface area contributed by atoms with E-state index in [1.807, 2.05) is 38.1 Å². The zero-order valence-corrected chi connectivity index (χ0v) is 11.6. The largest absolute Gasteiger partial charge is 0.491 e. The molecule has 1 aromatic rings. The van der Waals surface area contributed by atoms with Gasteiger partial charge in [0.1, 0.15) is 5.75 Å². The van der Waals surface area contributed by atoms with Gasteiger partial charge in [-0.3, -0.25) is 4.79 Å². The highest BCUT2D eigenvalue weighted by Crippen LogP contribution is 2.19. The van der Waals surface area contributed by atoms with Gasteiger partial charge in [-0.15, -0.1) is 0 Å². The molecule has 0 spiro atoms. The van der Waals surface area contributed by atoms with E-state index in [4.69, 9.17) is 4.74 Å². The van der Waals surface area contributed by atoms with Crippen molar-refractivity contribution in [1.29, 1.82) is 0 Å². The van der Waals surface area contributed by atoms with Gasteiger partial charge in [-0.05, 0) is 32.9 Å². The van der Waals surface area contributed by atoms with Crippen molar-refractivity contribution in [3.63, 3.8) is 0 Å². The van der Waals surface area contributed by atoms with Crippen molar-refractivity contribution in [1.82, 2.24) is 10.6 Å². The van der Waals surface area contributed by atoms with E-state index in [2.05, 4.69) is 10.6 Å². The van der Waals surface area contributed by atoms with Crippen LogP contribution in [0.5, 0.6) is 5.75 Å². The van der Waals surface area contributed by atoms with Crippen molar-refractivity contribution in [3.05, 3.63) is 29.8 Å². The van der Waals surface area contributed by atoms with E-state index in [0.717, 1.165) is 30.8 Å². The Balaban J connectivity index is 1.93. The summed E-state index contributed by atoms with van der Waals surface area (Å²) in [7, 11) is 0. The number of benzene rings is 1. The van der Waals surface area contributed by atoms with Gasteiger partial charge in [0.05, 0.1) is 12.0 Å². The summed E-state index contributed by atoms with van der Waals surface area (Å²) in [5, 5.41) is 6.20. The first-order chi connectivity index (χ1) is 9.16. The second-order valence-electron chi connectivity index (χ2n) is 5.18. The molecule has 1 heterocycles. The average Bonchev–Trinajstić information content (AvgIpc) is 2.90. The quantitative estimate of drug-likeness (QED) is 0.849. The molecule has 1 unspecified atom stereocenters. The Bertz CT molecular complexity index is 426. The van der Waals surface area contributed by atoms with Crippen LogP contribution in [0.1, 0.15) is 25.8 Å². The zero-order valence-electron chi connectivity index (χ0n) is 11.6. The Morgan fingerprint density at radius 2 is 2.26 bits per heavy atom. The van der Waals surface area contributed by atoms with Gasteiger partial charge in [0.15, 0.2) is 0 Å². The van der Waals surface area contributed by atoms with E-state index >= 15 is 0 Å². The van der Waals surface area contributed by atoms with Crippen LogP contribution in [0.3, 0.4) is 0 Å². The van der Waals surface area contributed by atoms with Gasteiger partial charge in [0.25, 0.3) is 0 Å². The Morgan fingerprint density at radius 3 is 2.95 bits per heavy atom. The van der Waals surface area contributed by atoms with Crippen LogP contribution >= 0.6 is 0 Å². The smallest absolute Gasteiger partial charge is 0.224 e. The number of amides is 1. The topological polar surface area (TPSA) is 50.4 Å². The molecule has 104 valence electrons. The van der Waals surface area contributed by atoms with Gasteiger partial charge >= 0.3 is 0 Å². The Labute approximate surface area is 114 Å². The molecule has 1 aliphatic rings. The summed E-state index contributed by atoms with van der Waals surface area (Å²) in [6.45, 7) is 6.25. The van der Waals surface area contributed by atoms with Crippen LogP contribution < -0.4 is 15.4 Å². The van der Waals surface area contributed by atoms with Crippen molar-refractivity contribution in [2.45, 2.75) is 32.9 Å². The van der Waals surface area contributed by atoms with Crippen molar-refractivity contribution in [2.24, 2.45) is 5.92 Å². The second-order valence-corrected chi connectivity index (χ2v) is 5.18. The minimum absolute atomic E-state index is 0.109. The fourth-order valence-corrected chi connectivity index (χ4v) is 2.22. The molecule has 1 atom stereocenters. The standard InChI is InChI=1S/C15H22N2O2/c1-11(2)19-14-6-4-3-5-12(14)10-17-15(18)13-7-8-16-9-13/h3-6,11,13,16H,7-10H2,1-2H3,(H,17,18). The van der Waals surface area contributed by atoms with Crippen LogP contribution in [0.15, 0.2) is 24.3 Å². The Kier molecular flexibility index (Phi) is 4.80. The van der Waals surface area contributed by atoms with Crippen molar-refractivity contribution < 1.29 is 9.53 Å². The molecule has 1 fully saturated rings. The Hall–Kier alpha value is -1.55. The van der Waals surface area contributed by atoms with E-state index in [1.165, 1.54) is 0 Å². The number of rotatable bonds is 5. The molecule has 0 aromatic heterocycles. The highest BCUT2D eigenvalue weighted by Gasteiger charge is 2.22. The third-order valence-corrected chi connectivity index (χ3v) is 3.22. The first-order valence-corrected chi connectivity index (χ1v) is 6.90. The maximum Gasteiger partial charge on any atom is 0.224 e. The lowest BCUT2D eigenvalue weighted by Gasteiger charge is -2.15. The predicted octanol–water partition coefficient (Wildman–Crippen LogP) is 1.70. The van der Waals surface area contributed by atoms with E-state index in [0.29, 0.717) is 6.54 Å². The lowest BCUT2D eigenvalue weighted by molar-refractivity contribution is -0.124. The molecule has 19 heavy (non-hydrogen) atoms. The van der Waals surface area contributed by atoms with Crippen LogP contribution in [0, 0.1) is 5.92 Å². The molecule has 0 aliphatic carbocycles. The zero-order chi connectivity index (χ0) is 13.7. The molecule has 1 saturated heterocycles. The van der Waals surface area contributed by atoms with Crippen molar-refractivity contribution in [2.75, 3.05) is 13.1 Å². The summed E-state index contributed by atoms with van der Waals surface area (Å²) in [5.74, 6) is 1.09. The van der Waals surface area contributed by atoms with E-state index in [9.17, 15) is 4.79 Å². The molecule has 0 radical (unpaired) electrons. The minimum Gasteiger partial charge on any atom is -0.491 e. The maximum atomic E-state index is 12.0. The summed E-state index contributed by atoms with van der Waals surface area (Å²) in [6.07, 6.45) is 1.06. The molecule has 2 N–H and O–H groups in total. The van der Waals surface area contributed by atoms with Gasteiger partial charge in [-0.1, -0.05) is 18.2 Å². The summed E-state index contributed by atoms with van der Waals surface area (Å²) >= 11 is 0. The molecule has 0 saturated carbocycles. The summed E-state index contributed by atoms with van der Waals surface area (Å²) in [6, 6.07) is 7.85. The lowest BCUT2D eigenvalue weighted by Crippen LogP contribution is -2.31. The molecular formula is C15H22N2O2. The first-order valence-electron chi connectivity index (χ1n) is 6.90. The number of nitrogens with one attached hydrogen (secondary N) is 2. The van der Waals surface area contributed by atoms with Crippen molar-refractivity contribution in [3.8, 4) is 5.75 Å². The molecule has 4 nitrogen and oxygen atoms in total. The van der Waals surface area contributed by atoms with Gasteiger partial charge in [0, 0.05) is 18.7 Å². The van der Waals surface area contributed by atoms with Crippen molar-refractivity contribution >= 4 is 5.91 Å². The highest BCUT2D eigenvalue weighted by molar-refractivity contribution is 5.79. The Morgan fingerprint density at radius 1 is 1.47 bits per heavy atom. The summed E-state index contributed by atoms with van der Waals surface area (Å²) in [5.41, 5.74) is 1.02. The number of para-hydroxylation sites is 1. The van der Waals surface area contributed by atoms with Gasteiger partial charge < -0.3 is 15.4 Å². The van der Waals surface area contributed by atoms with Crippen LogP contribution in [0.2, 0.25) is 0 Å². The number of carbonyl (C=O) groups excluding carboxylic acids is 1.